The van der Waals surface area contributed by atoms with Gasteiger partial charge in [0.25, 0.3) is 5.56 Å². The number of likely N-dealkylation sites (tertiary alicyclic amines) is 1. The Morgan fingerprint density at radius 2 is 1.94 bits per heavy atom. The van der Waals surface area contributed by atoms with Gasteiger partial charge in [-0.3, -0.25) is 14.5 Å². The largest absolute Gasteiger partial charge is 0.449 e. The number of carbonyl (C=O) groups excluding carboxylic acids is 2. The first-order valence-electron chi connectivity index (χ1n) is 12.3. The maximum atomic E-state index is 13.5. The second-order valence-corrected chi connectivity index (χ2v) is 10.3. The molecule has 1 aliphatic carbocycles. The first-order valence-corrected chi connectivity index (χ1v) is 13.0. The normalized spacial score (nSPS) is 20.1. The highest BCUT2D eigenvalue weighted by molar-refractivity contribution is 6.42. The van der Waals surface area contributed by atoms with Crippen molar-refractivity contribution in [2.75, 3.05) is 26.7 Å². The molecule has 0 bridgehead atoms. The van der Waals surface area contributed by atoms with Gasteiger partial charge in [-0.1, -0.05) is 29.3 Å². The summed E-state index contributed by atoms with van der Waals surface area (Å²) in [5, 5.41) is 6.24. The number of carbonyl (C=O) groups is 2. The SMILES string of the molecule is CNC(=O)OCCc1cc(Cl)c(Cl)c(CNC(=O)C2CN(C3CC3)CCC2c2ccn(C)c(=O)c2)c1. The first kappa shape index (κ1) is 26.5. The van der Waals surface area contributed by atoms with Crippen LogP contribution in [-0.4, -0.2) is 54.3 Å². The van der Waals surface area contributed by atoms with Crippen LogP contribution in [0.3, 0.4) is 0 Å². The molecule has 2 atom stereocenters. The highest BCUT2D eigenvalue weighted by Gasteiger charge is 2.40. The van der Waals surface area contributed by atoms with Gasteiger partial charge in [-0.15, -0.1) is 0 Å². The molecule has 4 rings (SSSR count). The third kappa shape index (κ3) is 6.41. The third-order valence-electron chi connectivity index (χ3n) is 7.05. The van der Waals surface area contributed by atoms with Crippen LogP contribution in [-0.2, 0) is 29.5 Å². The molecule has 1 aliphatic heterocycles. The molecule has 10 heteroatoms. The van der Waals surface area contributed by atoms with Crippen LogP contribution in [0.15, 0.2) is 35.3 Å². The molecule has 36 heavy (non-hydrogen) atoms. The molecule has 2 heterocycles. The van der Waals surface area contributed by atoms with Gasteiger partial charge >= 0.3 is 6.09 Å². The Morgan fingerprint density at radius 3 is 2.64 bits per heavy atom. The Hall–Kier alpha value is -2.55. The van der Waals surface area contributed by atoms with Crippen molar-refractivity contribution in [1.29, 1.82) is 0 Å². The number of benzene rings is 1. The van der Waals surface area contributed by atoms with E-state index < -0.39 is 6.09 Å². The molecule has 2 amide bonds. The van der Waals surface area contributed by atoms with Crippen LogP contribution in [0.1, 0.15) is 41.9 Å². The van der Waals surface area contributed by atoms with Crippen LogP contribution in [0.25, 0.3) is 0 Å². The second kappa shape index (κ2) is 11.7. The van der Waals surface area contributed by atoms with E-state index in [0.29, 0.717) is 34.6 Å². The summed E-state index contributed by atoms with van der Waals surface area (Å²) in [4.78, 5) is 39.5. The van der Waals surface area contributed by atoms with Gasteiger partial charge in [0.05, 0.1) is 22.6 Å². The molecule has 194 valence electrons. The molecule has 2 N–H and O–H groups in total. The Morgan fingerprint density at radius 1 is 1.17 bits per heavy atom. The predicted octanol–water partition coefficient (Wildman–Crippen LogP) is 3.47. The van der Waals surface area contributed by atoms with Gasteiger partial charge in [0.2, 0.25) is 5.91 Å². The van der Waals surface area contributed by atoms with Crippen molar-refractivity contribution in [2.24, 2.45) is 13.0 Å². The Labute approximate surface area is 220 Å². The van der Waals surface area contributed by atoms with Crippen LogP contribution in [0, 0.1) is 5.92 Å². The summed E-state index contributed by atoms with van der Waals surface area (Å²) in [5.41, 5.74) is 2.39. The van der Waals surface area contributed by atoms with Gasteiger partial charge in [-0.05, 0) is 60.5 Å². The van der Waals surface area contributed by atoms with Crippen LogP contribution in [0.4, 0.5) is 4.79 Å². The van der Waals surface area contributed by atoms with E-state index in [1.165, 1.54) is 24.5 Å². The topological polar surface area (TPSA) is 92.7 Å². The molecule has 2 unspecified atom stereocenters. The Balaban J connectivity index is 1.47. The zero-order valence-corrected chi connectivity index (χ0v) is 22.1. The molecule has 2 fully saturated rings. The predicted molar refractivity (Wildman–Crippen MR) is 140 cm³/mol. The van der Waals surface area contributed by atoms with Crippen molar-refractivity contribution in [1.82, 2.24) is 20.1 Å². The standard InChI is InChI=1S/C26H32Cl2N4O4/c1-29-26(35)36-10-7-16-11-18(24(28)22(27)12-16)14-30-25(34)21-15-32(19-3-4-19)9-6-20(21)17-5-8-31(2)23(33)13-17/h5,8,11-13,19-21H,3-4,6-7,9-10,14-15H2,1-2H3,(H,29,35)(H,30,34). The van der Waals surface area contributed by atoms with E-state index in [-0.39, 0.29) is 36.5 Å². The zero-order chi connectivity index (χ0) is 25.8. The summed E-state index contributed by atoms with van der Waals surface area (Å²) in [6.07, 6.45) is 4.91. The van der Waals surface area contributed by atoms with Crippen LogP contribution < -0.4 is 16.2 Å². The minimum atomic E-state index is -0.499. The molecule has 0 radical (unpaired) electrons. The average Bonchev–Trinajstić information content (AvgIpc) is 3.72. The number of piperidine rings is 1. The van der Waals surface area contributed by atoms with E-state index in [2.05, 4.69) is 15.5 Å². The van der Waals surface area contributed by atoms with E-state index in [1.807, 2.05) is 12.1 Å². The number of pyridine rings is 1. The lowest BCUT2D eigenvalue weighted by atomic mass is 9.80. The number of hydrogen-bond donors (Lipinski definition) is 2. The van der Waals surface area contributed by atoms with Gasteiger partial charge < -0.3 is 19.9 Å². The van der Waals surface area contributed by atoms with Crippen molar-refractivity contribution < 1.29 is 14.3 Å². The fourth-order valence-corrected chi connectivity index (χ4v) is 5.27. The number of nitrogens with one attached hydrogen (secondary N) is 2. The first-order chi connectivity index (χ1) is 17.3. The lowest BCUT2D eigenvalue weighted by molar-refractivity contribution is -0.127. The Kier molecular flexibility index (Phi) is 8.59. The molecule has 1 aromatic heterocycles. The molecule has 1 aromatic carbocycles. The number of ether oxygens (including phenoxy) is 1. The molecule has 0 spiro atoms. The second-order valence-electron chi connectivity index (χ2n) is 9.54. The summed E-state index contributed by atoms with van der Waals surface area (Å²) < 4.78 is 6.60. The van der Waals surface area contributed by atoms with Crippen molar-refractivity contribution in [3.05, 3.63) is 67.6 Å². The van der Waals surface area contributed by atoms with E-state index in [4.69, 9.17) is 27.9 Å². The number of aromatic nitrogens is 1. The highest BCUT2D eigenvalue weighted by atomic mass is 35.5. The van der Waals surface area contributed by atoms with E-state index in [9.17, 15) is 14.4 Å². The van der Waals surface area contributed by atoms with Crippen molar-refractivity contribution in [2.45, 2.75) is 44.2 Å². The summed E-state index contributed by atoms with van der Waals surface area (Å²) >= 11 is 12.8. The third-order valence-corrected chi connectivity index (χ3v) is 7.89. The van der Waals surface area contributed by atoms with Crippen LogP contribution >= 0.6 is 23.2 Å². The molecule has 1 saturated carbocycles. The smallest absolute Gasteiger partial charge is 0.406 e. The summed E-state index contributed by atoms with van der Waals surface area (Å²) in [5.74, 6) is -0.363. The minimum absolute atomic E-state index is 0.0267. The molecule has 1 saturated heterocycles. The van der Waals surface area contributed by atoms with E-state index >= 15 is 0 Å². The lowest BCUT2D eigenvalue weighted by Gasteiger charge is -2.38. The highest BCUT2D eigenvalue weighted by Crippen LogP contribution is 2.38. The quantitative estimate of drug-likeness (QED) is 0.540. The van der Waals surface area contributed by atoms with E-state index in [1.54, 1.807) is 25.4 Å². The van der Waals surface area contributed by atoms with Crippen LogP contribution in [0.5, 0.6) is 0 Å². The molecular formula is C26H32Cl2N4O4. The number of hydrogen-bond acceptors (Lipinski definition) is 5. The van der Waals surface area contributed by atoms with Gasteiger partial charge in [0, 0.05) is 51.9 Å². The number of aryl methyl sites for hydroxylation is 1. The fraction of sp³-hybridized carbons (Fsp3) is 0.500. The Bertz CT molecular complexity index is 1180. The van der Waals surface area contributed by atoms with Gasteiger partial charge in [-0.25, -0.2) is 4.79 Å². The number of nitrogens with zero attached hydrogens (tertiary/aromatic N) is 2. The number of halogens is 2. The number of amides is 2. The van der Waals surface area contributed by atoms with Gasteiger partial charge in [-0.2, -0.15) is 0 Å². The van der Waals surface area contributed by atoms with E-state index in [0.717, 1.165) is 24.1 Å². The number of alkyl carbamates (subject to hydrolysis) is 1. The van der Waals surface area contributed by atoms with Crippen LogP contribution in [0.2, 0.25) is 10.0 Å². The minimum Gasteiger partial charge on any atom is -0.449 e. The molecule has 2 aliphatic rings. The average molecular weight is 535 g/mol. The van der Waals surface area contributed by atoms with Crippen molar-refractivity contribution >= 4 is 35.2 Å². The maximum absolute atomic E-state index is 13.5. The summed E-state index contributed by atoms with van der Waals surface area (Å²) in [6, 6.07) is 7.77. The van der Waals surface area contributed by atoms with Crippen molar-refractivity contribution in [3.8, 4) is 0 Å². The molecule has 2 aromatic rings. The maximum Gasteiger partial charge on any atom is 0.406 e. The summed E-state index contributed by atoms with van der Waals surface area (Å²) in [7, 11) is 3.22. The van der Waals surface area contributed by atoms with Gasteiger partial charge in [0.15, 0.2) is 0 Å². The molecular weight excluding hydrogens is 503 g/mol. The number of rotatable bonds is 8. The summed E-state index contributed by atoms with van der Waals surface area (Å²) in [6.45, 7) is 2.02. The van der Waals surface area contributed by atoms with Gasteiger partial charge in [0.1, 0.15) is 0 Å². The monoisotopic (exact) mass is 534 g/mol. The molecule has 8 nitrogen and oxygen atoms in total. The van der Waals surface area contributed by atoms with Crippen molar-refractivity contribution in [3.63, 3.8) is 0 Å². The zero-order valence-electron chi connectivity index (χ0n) is 20.6. The lowest BCUT2D eigenvalue weighted by Crippen LogP contribution is -2.47. The fourth-order valence-electron chi connectivity index (χ4n) is 4.84.